The molecular weight excluding hydrogens is 358 g/mol. The molecule has 1 aromatic heterocycles. The Balaban J connectivity index is 1.88. The number of nitrogens with one attached hydrogen (secondary N) is 1. The van der Waals surface area contributed by atoms with E-state index in [9.17, 15) is 9.59 Å². The highest BCUT2D eigenvalue weighted by Crippen LogP contribution is 2.38. The van der Waals surface area contributed by atoms with Crippen LogP contribution >= 0.6 is 0 Å². The number of hydrogen-bond acceptors (Lipinski definition) is 6. The van der Waals surface area contributed by atoms with Crippen LogP contribution in [-0.2, 0) is 11.2 Å². The molecule has 7 heteroatoms. The molecule has 1 aliphatic rings. The van der Waals surface area contributed by atoms with E-state index in [1.807, 2.05) is 32.0 Å². The molecule has 1 aliphatic carbocycles. The summed E-state index contributed by atoms with van der Waals surface area (Å²) in [6.07, 6.45) is 3.17. The number of carbonyl (C=O) groups is 2. The van der Waals surface area contributed by atoms with E-state index in [2.05, 4.69) is 15.3 Å². The van der Waals surface area contributed by atoms with Gasteiger partial charge in [0.1, 0.15) is 11.5 Å². The molecule has 0 unspecified atom stereocenters. The fraction of sp³-hybridized carbons (Fsp3) is 0.429. The summed E-state index contributed by atoms with van der Waals surface area (Å²) < 4.78 is 10.7. The number of fused-ring (bicyclic) bond motifs is 1. The van der Waals surface area contributed by atoms with Crippen molar-refractivity contribution in [2.45, 2.75) is 39.0 Å². The normalized spacial score (nSPS) is 16.9. The maximum Gasteiger partial charge on any atom is 0.229 e. The van der Waals surface area contributed by atoms with E-state index in [-0.39, 0.29) is 29.5 Å². The number of rotatable bonds is 6. The number of amides is 1. The molecule has 1 N–H and O–H groups in total. The largest absolute Gasteiger partial charge is 0.497 e. The van der Waals surface area contributed by atoms with Gasteiger partial charge in [-0.25, -0.2) is 9.97 Å². The van der Waals surface area contributed by atoms with Crippen LogP contribution in [0.4, 0.5) is 5.95 Å². The van der Waals surface area contributed by atoms with Crippen LogP contribution in [0.15, 0.2) is 24.4 Å². The van der Waals surface area contributed by atoms with Crippen LogP contribution in [-0.4, -0.2) is 35.9 Å². The van der Waals surface area contributed by atoms with Gasteiger partial charge in [-0.2, -0.15) is 0 Å². The summed E-state index contributed by atoms with van der Waals surface area (Å²) in [5.41, 5.74) is 2.10. The van der Waals surface area contributed by atoms with Gasteiger partial charge in [0.2, 0.25) is 11.9 Å². The Kier molecular flexibility index (Phi) is 5.92. The van der Waals surface area contributed by atoms with Gasteiger partial charge in [-0.15, -0.1) is 0 Å². The maximum atomic E-state index is 12.6. The van der Waals surface area contributed by atoms with Gasteiger partial charge >= 0.3 is 0 Å². The van der Waals surface area contributed by atoms with Crippen LogP contribution < -0.4 is 14.8 Å². The predicted octanol–water partition coefficient (Wildman–Crippen LogP) is 3.39. The summed E-state index contributed by atoms with van der Waals surface area (Å²) in [6.45, 7) is 3.80. The van der Waals surface area contributed by atoms with Gasteiger partial charge in [0.05, 0.1) is 25.5 Å². The van der Waals surface area contributed by atoms with Crippen molar-refractivity contribution in [2.75, 3.05) is 19.5 Å². The Hall–Kier alpha value is -2.96. The van der Waals surface area contributed by atoms with Crippen molar-refractivity contribution in [3.05, 3.63) is 41.2 Å². The predicted molar refractivity (Wildman–Crippen MR) is 105 cm³/mol. The highest BCUT2D eigenvalue weighted by Gasteiger charge is 2.30. The molecule has 1 heterocycles. The third kappa shape index (κ3) is 3.98. The summed E-state index contributed by atoms with van der Waals surface area (Å²) in [6, 6.07) is 5.59. The van der Waals surface area contributed by atoms with Crippen molar-refractivity contribution in [3.63, 3.8) is 0 Å². The van der Waals surface area contributed by atoms with Crippen LogP contribution in [0.2, 0.25) is 0 Å². The molecule has 3 rings (SSSR count). The lowest BCUT2D eigenvalue weighted by Gasteiger charge is -2.25. The standard InChI is InChI=1S/C21H25N3O4/c1-5-12(2)20(26)24-21-22-11-16-17(23-21)8-13(9-18(16)25)15-7-6-14(27-3)10-19(15)28-4/h6-7,10-13H,5,8-9H2,1-4H3,(H,22,23,24,26)/t12-,13-/m1/s1. The second-order valence-corrected chi connectivity index (χ2v) is 6.99. The van der Waals surface area contributed by atoms with E-state index in [1.165, 1.54) is 6.20 Å². The van der Waals surface area contributed by atoms with Crippen LogP contribution in [0, 0.1) is 5.92 Å². The summed E-state index contributed by atoms with van der Waals surface area (Å²) >= 11 is 0. The first-order valence-electron chi connectivity index (χ1n) is 9.38. The van der Waals surface area contributed by atoms with Crippen molar-refractivity contribution in [1.82, 2.24) is 9.97 Å². The van der Waals surface area contributed by atoms with E-state index in [1.54, 1.807) is 14.2 Å². The van der Waals surface area contributed by atoms with Crippen molar-refractivity contribution < 1.29 is 19.1 Å². The van der Waals surface area contributed by atoms with Crippen LogP contribution in [0.25, 0.3) is 0 Å². The molecule has 0 saturated carbocycles. The number of benzene rings is 1. The van der Waals surface area contributed by atoms with E-state index < -0.39 is 0 Å². The summed E-state index contributed by atoms with van der Waals surface area (Å²) in [7, 11) is 3.20. The Bertz CT molecular complexity index is 897. The Morgan fingerprint density at radius 2 is 2.07 bits per heavy atom. The number of hydrogen-bond donors (Lipinski definition) is 1. The molecule has 148 valence electrons. The molecule has 28 heavy (non-hydrogen) atoms. The second-order valence-electron chi connectivity index (χ2n) is 6.99. The molecule has 0 aliphatic heterocycles. The minimum atomic E-state index is -0.127. The Morgan fingerprint density at radius 3 is 2.75 bits per heavy atom. The fourth-order valence-electron chi connectivity index (χ4n) is 3.30. The Labute approximate surface area is 164 Å². The first kappa shape index (κ1) is 19.8. The number of nitrogens with zero attached hydrogens (tertiary/aromatic N) is 2. The average molecular weight is 383 g/mol. The van der Waals surface area contributed by atoms with E-state index in [0.717, 1.165) is 12.0 Å². The summed E-state index contributed by atoms with van der Waals surface area (Å²) in [5, 5.41) is 2.74. The van der Waals surface area contributed by atoms with Gasteiger partial charge in [-0.3, -0.25) is 14.9 Å². The highest BCUT2D eigenvalue weighted by molar-refractivity contribution is 5.99. The third-order valence-corrected chi connectivity index (χ3v) is 5.22. The van der Waals surface area contributed by atoms with Crippen LogP contribution in [0.1, 0.15) is 54.2 Å². The number of carbonyl (C=O) groups excluding carboxylic acids is 2. The van der Waals surface area contributed by atoms with Gasteiger partial charge in [-0.05, 0) is 24.5 Å². The number of Topliss-reactive ketones (excluding diaryl/α,β-unsaturated/α-hetero) is 1. The molecule has 0 saturated heterocycles. The number of ether oxygens (including phenoxy) is 2. The second kappa shape index (κ2) is 8.37. The highest BCUT2D eigenvalue weighted by atomic mass is 16.5. The molecular formula is C21H25N3O4. The van der Waals surface area contributed by atoms with E-state index in [0.29, 0.717) is 35.6 Å². The SMILES string of the molecule is CC[C@@H](C)C(=O)Nc1ncc2c(n1)C[C@@H](c1ccc(OC)cc1OC)CC2=O. The van der Waals surface area contributed by atoms with Crippen LogP contribution in [0.3, 0.4) is 0 Å². The summed E-state index contributed by atoms with van der Waals surface area (Å²) in [4.78, 5) is 33.4. The molecule has 1 aromatic carbocycles. The monoisotopic (exact) mass is 383 g/mol. The smallest absolute Gasteiger partial charge is 0.229 e. The number of methoxy groups -OCH3 is 2. The van der Waals surface area contributed by atoms with Gasteiger partial charge < -0.3 is 9.47 Å². The molecule has 2 aromatic rings. The average Bonchev–Trinajstić information content (AvgIpc) is 2.72. The van der Waals surface area contributed by atoms with Crippen molar-refractivity contribution >= 4 is 17.6 Å². The molecule has 0 radical (unpaired) electrons. The molecule has 0 spiro atoms. The molecule has 0 bridgehead atoms. The van der Waals surface area contributed by atoms with E-state index in [4.69, 9.17) is 9.47 Å². The van der Waals surface area contributed by atoms with Gasteiger partial charge in [0.15, 0.2) is 5.78 Å². The van der Waals surface area contributed by atoms with Gasteiger partial charge in [-0.1, -0.05) is 19.9 Å². The maximum absolute atomic E-state index is 12.6. The summed E-state index contributed by atoms with van der Waals surface area (Å²) in [5.74, 6) is 1.29. The fourth-order valence-corrected chi connectivity index (χ4v) is 3.30. The molecule has 1 amide bonds. The minimum absolute atomic E-state index is 0.0103. The number of anilines is 1. The minimum Gasteiger partial charge on any atom is -0.497 e. The van der Waals surface area contributed by atoms with Crippen molar-refractivity contribution in [1.29, 1.82) is 0 Å². The first-order chi connectivity index (χ1) is 13.5. The van der Waals surface area contributed by atoms with Crippen LogP contribution in [0.5, 0.6) is 11.5 Å². The number of aromatic nitrogens is 2. The lowest BCUT2D eigenvalue weighted by Crippen LogP contribution is -2.24. The molecule has 0 fully saturated rings. The Morgan fingerprint density at radius 1 is 1.29 bits per heavy atom. The lowest BCUT2D eigenvalue weighted by molar-refractivity contribution is -0.119. The topological polar surface area (TPSA) is 90.4 Å². The lowest BCUT2D eigenvalue weighted by atomic mass is 9.82. The van der Waals surface area contributed by atoms with Crippen molar-refractivity contribution in [3.8, 4) is 11.5 Å². The quantitative estimate of drug-likeness (QED) is 0.822. The van der Waals surface area contributed by atoms with Gasteiger partial charge in [0.25, 0.3) is 0 Å². The zero-order chi connectivity index (χ0) is 20.3. The molecule has 2 atom stereocenters. The number of ketones is 1. The van der Waals surface area contributed by atoms with E-state index >= 15 is 0 Å². The first-order valence-corrected chi connectivity index (χ1v) is 9.38. The third-order valence-electron chi connectivity index (χ3n) is 5.22. The molecule has 7 nitrogen and oxygen atoms in total. The van der Waals surface area contributed by atoms with Gasteiger partial charge in [0, 0.05) is 30.5 Å². The zero-order valence-electron chi connectivity index (χ0n) is 16.6. The zero-order valence-corrected chi connectivity index (χ0v) is 16.6. The van der Waals surface area contributed by atoms with Crippen molar-refractivity contribution in [2.24, 2.45) is 5.92 Å².